The Morgan fingerprint density at radius 2 is 2.30 bits per heavy atom. The van der Waals surface area contributed by atoms with E-state index in [0.29, 0.717) is 24.5 Å². The Morgan fingerprint density at radius 1 is 1.55 bits per heavy atom. The van der Waals surface area contributed by atoms with Gasteiger partial charge in [0.05, 0.1) is 6.10 Å². The van der Waals surface area contributed by atoms with Crippen molar-refractivity contribution in [1.29, 1.82) is 0 Å². The molecule has 20 heavy (non-hydrogen) atoms. The first-order chi connectivity index (χ1) is 9.56. The maximum absolute atomic E-state index is 11.8. The van der Waals surface area contributed by atoms with Gasteiger partial charge < -0.3 is 19.8 Å². The molecule has 0 aliphatic heterocycles. The van der Waals surface area contributed by atoms with Gasteiger partial charge in [0.15, 0.2) is 5.82 Å². The fourth-order valence-electron chi connectivity index (χ4n) is 2.68. The summed E-state index contributed by atoms with van der Waals surface area (Å²) in [5.74, 6) is 1.03. The average molecular weight is 281 g/mol. The molecule has 6 nitrogen and oxygen atoms in total. The van der Waals surface area contributed by atoms with Crippen molar-refractivity contribution in [2.24, 2.45) is 0 Å². The number of likely N-dealkylation sites (N-methyl/N-ethyl adjacent to an activating group) is 1. The summed E-state index contributed by atoms with van der Waals surface area (Å²) in [5, 5.41) is 16.4. The lowest BCUT2D eigenvalue weighted by Crippen LogP contribution is -2.44. The quantitative estimate of drug-likeness (QED) is 0.856. The Labute approximate surface area is 119 Å². The SMILES string of the molecule is Cc1cc(NC(=O)CCN(C)C2CCCCC2O)no1. The van der Waals surface area contributed by atoms with Crippen LogP contribution < -0.4 is 5.32 Å². The zero-order valence-corrected chi connectivity index (χ0v) is 12.1. The standard InChI is InChI=1S/C14H23N3O3/c1-10-9-13(16-20-10)15-14(19)7-8-17(2)11-5-3-4-6-12(11)18/h9,11-12,18H,3-8H2,1-2H3,(H,15,16,19). The van der Waals surface area contributed by atoms with E-state index in [9.17, 15) is 9.90 Å². The number of rotatable bonds is 5. The number of nitrogens with one attached hydrogen (secondary N) is 1. The summed E-state index contributed by atoms with van der Waals surface area (Å²) >= 11 is 0. The molecule has 1 aromatic heterocycles. The van der Waals surface area contributed by atoms with E-state index in [2.05, 4.69) is 15.4 Å². The second-order valence-electron chi connectivity index (χ2n) is 5.52. The number of hydrogen-bond donors (Lipinski definition) is 2. The van der Waals surface area contributed by atoms with Gasteiger partial charge in [-0.05, 0) is 26.8 Å². The summed E-state index contributed by atoms with van der Waals surface area (Å²) in [7, 11) is 1.97. The van der Waals surface area contributed by atoms with Gasteiger partial charge in [-0.3, -0.25) is 4.79 Å². The van der Waals surface area contributed by atoms with Crippen molar-refractivity contribution in [1.82, 2.24) is 10.1 Å². The van der Waals surface area contributed by atoms with Crippen LogP contribution in [0.15, 0.2) is 10.6 Å². The highest BCUT2D eigenvalue weighted by molar-refractivity contribution is 5.89. The highest BCUT2D eigenvalue weighted by atomic mass is 16.5. The monoisotopic (exact) mass is 281 g/mol. The molecule has 0 spiro atoms. The molecule has 2 unspecified atom stereocenters. The minimum absolute atomic E-state index is 0.0875. The summed E-state index contributed by atoms with van der Waals surface area (Å²) in [6, 6.07) is 1.86. The molecule has 1 fully saturated rings. The first kappa shape index (κ1) is 15.0. The fraction of sp³-hybridized carbons (Fsp3) is 0.714. The Morgan fingerprint density at radius 3 is 2.95 bits per heavy atom. The Kier molecular flexibility index (Phi) is 5.14. The van der Waals surface area contributed by atoms with Gasteiger partial charge in [0, 0.05) is 25.1 Å². The molecule has 1 heterocycles. The first-order valence-corrected chi connectivity index (χ1v) is 7.18. The first-order valence-electron chi connectivity index (χ1n) is 7.18. The molecular formula is C14H23N3O3. The zero-order chi connectivity index (χ0) is 14.5. The van der Waals surface area contributed by atoms with Crippen LogP contribution in [-0.4, -0.2) is 46.8 Å². The summed E-state index contributed by atoms with van der Waals surface area (Å²) < 4.78 is 4.89. The van der Waals surface area contributed by atoms with Crippen LogP contribution in [-0.2, 0) is 4.79 Å². The lowest BCUT2D eigenvalue weighted by Gasteiger charge is -2.35. The number of nitrogens with zero attached hydrogens (tertiary/aromatic N) is 2. The highest BCUT2D eigenvalue weighted by Crippen LogP contribution is 2.22. The van der Waals surface area contributed by atoms with Gasteiger partial charge in [-0.25, -0.2) is 0 Å². The van der Waals surface area contributed by atoms with Gasteiger partial charge in [0.2, 0.25) is 5.91 Å². The topological polar surface area (TPSA) is 78.6 Å². The van der Waals surface area contributed by atoms with Crippen molar-refractivity contribution < 1.29 is 14.4 Å². The fourth-order valence-corrected chi connectivity index (χ4v) is 2.68. The highest BCUT2D eigenvalue weighted by Gasteiger charge is 2.26. The lowest BCUT2D eigenvalue weighted by atomic mass is 9.91. The number of aromatic nitrogens is 1. The van der Waals surface area contributed by atoms with Crippen LogP contribution in [0.25, 0.3) is 0 Å². The molecule has 1 aliphatic rings. The van der Waals surface area contributed by atoms with Crippen LogP contribution in [0.4, 0.5) is 5.82 Å². The van der Waals surface area contributed by atoms with E-state index in [1.165, 1.54) is 0 Å². The molecule has 1 aromatic rings. The summed E-state index contributed by atoms with van der Waals surface area (Å²) in [4.78, 5) is 13.9. The lowest BCUT2D eigenvalue weighted by molar-refractivity contribution is -0.116. The van der Waals surface area contributed by atoms with E-state index in [-0.39, 0.29) is 18.1 Å². The van der Waals surface area contributed by atoms with Crippen molar-refractivity contribution in [2.45, 2.75) is 51.2 Å². The minimum atomic E-state index is -0.269. The normalized spacial score (nSPS) is 23.0. The predicted octanol–water partition coefficient (Wildman–Crippen LogP) is 1.55. The number of amides is 1. The van der Waals surface area contributed by atoms with Gasteiger partial charge in [-0.2, -0.15) is 0 Å². The maximum Gasteiger partial charge on any atom is 0.226 e. The third-order valence-electron chi connectivity index (χ3n) is 3.85. The van der Waals surface area contributed by atoms with Crippen LogP contribution in [0.2, 0.25) is 0 Å². The number of aryl methyl sites for hydroxylation is 1. The molecule has 0 radical (unpaired) electrons. The van der Waals surface area contributed by atoms with Crippen LogP contribution in [0.1, 0.15) is 37.9 Å². The second kappa shape index (κ2) is 6.85. The predicted molar refractivity (Wildman–Crippen MR) is 75.4 cm³/mol. The van der Waals surface area contributed by atoms with E-state index < -0.39 is 0 Å². The molecule has 1 amide bonds. The summed E-state index contributed by atoms with van der Waals surface area (Å²) in [5.41, 5.74) is 0. The molecule has 0 bridgehead atoms. The molecular weight excluding hydrogens is 258 g/mol. The number of aliphatic hydroxyl groups excluding tert-OH is 1. The van der Waals surface area contributed by atoms with Crippen LogP contribution in [0.3, 0.4) is 0 Å². The molecule has 2 N–H and O–H groups in total. The molecule has 0 saturated heterocycles. The van der Waals surface area contributed by atoms with Gasteiger partial charge in [0.25, 0.3) is 0 Å². The zero-order valence-electron chi connectivity index (χ0n) is 12.1. The van der Waals surface area contributed by atoms with Crippen LogP contribution in [0.5, 0.6) is 0 Å². The number of carbonyl (C=O) groups excluding carboxylic acids is 1. The van der Waals surface area contributed by atoms with E-state index in [1.807, 2.05) is 7.05 Å². The number of carbonyl (C=O) groups is 1. The van der Waals surface area contributed by atoms with E-state index >= 15 is 0 Å². The van der Waals surface area contributed by atoms with Crippen molar-refractivity contribution in [3.8, 4) is 0 Å². The molecule has 2 atom stereocenters. The van der Waals surface area contributed by atoms with Gasteiger partial charge in [-0.15, -0.1) is 0 Å². The number of hydrogen-bond acceptors (Lipinski definition) is 5. The van der Waals surface area contributed by atoms with Crippen LogP contribution >= 0.6 is 0 Å². The summed E-state index contributed by atoms with van der Waals surface area (Å²) in [6.45, 7) is 2.41. The molecule has 1 aliphatic carbocycles. The maximum atomic E-state index is 11.8. The van der Waals surface area contributed by atoms with Crippen molar-refractivity contribution in [3.05, 3.63) is 11.8 Å². The van der Waals surface area contributed by atoms with Crippen molar-refractivity contribution in [3.63, 3.8) is 0 Å². The Hall–Kier alpha value is -1.40. The minimum Gasteiger partial charge on any atom is -0.391 e. The van der Waals surface area contributed by atoms with E-state index in [4.69, 9.17) is 4.52 Å². The van der Waals surface area contributed by atoms with Crippen molar-refractivity contribution >= 4 is 11.7 Å². The largest absolute Gasteiger partial charge is 0.391 e. The van der Waals surface area contributed by atoms with Gasteiger partial charge >= 0.3 is 0 Å². The van der Waals surface area contributed by atoms with E-state index in [1.54, 1.807) is 13.0 Å². The molecule has 1 saturated carbocycles. The average Bonchev–Trinajstić information content (AvgIpc) is 2.82. The third-order valence-corrected chi connectivity index (χ3v) is 3.85. The molecule has 6 heteroatoms. The van der Waals surface area contributed by atoms with Gasteiger partial charge in [-0.1, -0.05) is 18.0 Å². The number of anilines is 1. The van der Waals surface area contributed by atoms with Gasteiger partial charge in [0.1, 0.15) is 5.76 Å². The van der Waals surface area contributed by atoms with E-state index in [0.717, 1.165) is 25.7 Å². The van der Waals surface area contributed by atoms with Crippen molar-refractivity contribution in [2.75, 3.05) is 18.9 Å². The molecule has 2 rings (SSSR count). The Bertz CT molecular complexity index is 447. The Balaban J connectivity index is 1.75. The summed E-state index contributed by atoms with van der Waals surface area (Å²) in [6.07, 6.45) is 4.22. The molecule has 0 aromatic carbocycles. The smallest absolute Gasteiger partial charge is 0.226 e. The third kappa shape index (κ3) is 4.05. The molecule has 112 valence electrons. The second-order valence-corrected chi connectivity index (χ2v) is 5.52. The van der Waals surface area contributed by atoms with Crippen LogP contribution in [0, 0.1) is 6.92 Å². The number of aliphatic hydroxyl groups is 1.